The van der Waals surface area contributed by atoms with Gasteiger partial charge < -0.3 is 0 Å². The van der Waals surface area contributed by atoms with Crippen LogP contribution in [0.3, 0.4) is 0 Å². The fraction of sp³-hybridized carbons (Fsp3) is 0. The molecule has 16 heavy (non-hydrogen) atoms. The van der Waals surface area contributed by atoms with Crippen molar-refractivity contribution in [3.05, 3.63) is 60.7 Å². The van der Waals surface area contributed by atoms with Gasteiger partial charge in [0, 0.05) is 0 Å². The first-order valence-electron chi connectivity index (χ1n) is 4.78. The molecule has 2 aromatic carbocycles. The SMILES string of the molecule is FP(F)(F)(c1ccccc1)c1ccccc1. The van der Waals surface area contributed by atoms with Crippen LogP contribution in [0.5, 0.6) is 0 Å². The molecule has 4 heteroatoms. The molecule has 0 nitrogen and oxygen atoms in total. The van der Waals surface area contributed by atoms with Crippen molar-refractivity contribution in [2.75, 3.05) is 0 Å². The van der Waals surface area contributed by atoms with Crippen LogP contribution in [0.2, 0.25) is 0 Å². The molecule has 0 aromatic heterocycles. The Morgan fingerprint density at radius 3 is 1.19 bits per heavy atom. The van der Waals surface area contributed by atoms with Crippen molar-refractivity contribution in [1.29, 1.82) is 0 Å². The van der Waals surface area contributed by atoms with E-state index in [4.69, 9.17) is 0 Å². The fourth-order valence-corrected chi connectivity index (χ4v) is 3.11. The Labute approximate surface area is 92.0 Å². The van der Waals surface area contributed by atoms with E-state index in [2.05, 4.69) is 0 Å². The second-order valence-corrected chi connectivity index (χ2v) is 6.14. The van der Waals surface area contributed by atoms with Crippen LogP contribution >= 0.6 is 7.54 Å². The first kappa shape index (κ1) is 11.2. The standard InChI is InChI=1S/C12H10F3P/c13-16(14,15,11-7-3-1-4-8-11)12-9-5-2-6-10-12/h1-10H. The van der Waals surface area contributed by atoms with E-state index < -0.39 is 18.1 Å². The van der Waals surface area contributed by atoms with E-state index in [1.807, 2.05) is 0 Å². The summed E-state index contributed by atoms with van der Waals surface area (Å²) in [6.45, 7) is 0. The summed E-state index contributed by atoms with van der Waals surface area (Å²) in [5.74, 6) is 0. The van der Waals surface area contributed by atoms with E-state index in [0.29, 0.717) is 0 Å². The Morgan fingerprint density at radius 1 is 0.562 bits per heavy atom. The van der Waals surface area contributed by atoms with Gasteiger partial charge in [0.25, 0.3) is 0 Å². The minimum absolute atomic E-state index is 0.528. The van der Waals surface area contributed by atoms with Gasteiger partial charge in [-0.05, 0) is 0 Å². The average molecular weight is 242 g/mol. The number of hydrogen-bond acceptors (Lipinski definition) is 0. The Balaban J connectivity index is 2.60. The van der Waals surface area contributed by atoms with Crippen LogP contribution in [0.15, 0.2) is 60.7 Å². The van der Waals surface area contributed by atoms with Crippen molar-refractivity contribution in [3.8, 4) is 0 Å². The Hall–Kier alpha value is -1.34. The van der Waals surface area contributed by atoms with Crippen LogP contribution in [-0.2, 0) is 0 Å². The second kappa shape index (κ2) is 3.60. The van der Waals surface area contributed by atoms with Crippen LogP contribution in [0, 0.1) is 0 Å². The summed E-state index contributed by atoms with van der Waals surface area (Å²) in [5, 5.41) is -1.06. The van der Waals surface area contributed by atoms with Gasteiger partial charge in [-0.3, -0.25) is 0 Å². The third-order valence-corrected chi connectivity index (χ3v) is 4.64. The van der Waals surface area contributed by atoms with Crippen molar-refractivity contribution in [2.24, 2.45) is 0 Å². The molecule has 0 aliphatic rings. The third-order valence-electron chi connectivity index (χ3n) is 2.36. The zero-order valence-electron chi connectivity index (χ0n) is 8.35. The summed E-state index contributed by atoms with van der Waals surface area (Å²) in [6.07, 6.45) is 0. The molecule has 0 fully saturated rings. The molecule has 0 saturated heterocycles. The van der Waals surface area contributed by atoms with Gasteiger partial charge in [-0.15, -0.1) is 0 Å². The topological polar surface area (TPSA) is 0 Å². The van der Waals surface area contributed by atoms with Crippen LogP contribution in [0.1, 0.15) is 0 Å². The average Bonchev–Trinajstić information content (AvgIpc) is 2.31. The number of halogens is 3. The molecule has 84 valence electrons. The van der Waals surface area contributed by atoms with Gasteiger partial charge >= 0.3 is 91.4 Å². The summed E-state index contributed by atoms with van der Waals surface area (Å²) in [5.41, 5.74) is 0. The monoisotopic (exact) mass is 242 g/mol. The Morgan fingerprint density at radius 2 is 0.875 bits per heavy atom. The molecule has 0 heterocycles. The molecule has 0 aliphatic heterocycles. The zero-order valence-corrected chi connectivity index (χ0v) is 9.25. The van der Waals surface area contributed by atoms with E-state index in [0.717, 1.165) is 24.3 Å². The zero-order chi connectivity index (χ0) is 11.7. The van der Waals surface area contributed by atoms with Crippen LogP contribution in [-0.4, -0.2) is 0 Å². The van der Waals surface area contributed by atoms with Crippen molar-refractivity contribution >= 4 is 18.1 Å². The molecule has 0 N–H and O–H groups in total. The molecular formula is C12H10F3P. The van der Waals surface area contributed by atoms with Gasteiger partial charge in [0.15, 0.2) is 0 Å². The summed E-state index contributed by atoms with van der Waals surface area (Å²) < 4.78 is 42.1. The van der Waals surface area contributed by atoms with Crippen LogP contribution < -0.4 is 10.6 Å². The number of rotatable bonds is 2. The number of benzene rings is 2. The molecule has 0 bridgehead atoms. The van der Waals surface area contributed by atoms with Gasteiger partial charge in [0.2, 0.25) is 0 Å². The molecule has 0 aliphatic carbocycles. The molecule has 0 spiro atoms. The van der Waals surface area contributed by atoms with Crippen LogP contribution in [0.4, 0.5) is 12.6 Å². The maximum absolute atomic E-state index is 14.0. The molecule has 0 radical (unpaired) electrons. The van der Waals surface area contributed by atoms with Gasteiger partial charge in [0.05, 0.1) is 0 Å². The van der Waals surface area contributed by atoms with Crippen LogP contribution in [0.25, 0.3) is 0 Å². The predicted octanol–water partition coefficient (Wildman–Crippen LogP) is 3.84. The molecule has 0 unspecified atom stereocenters. The van der Waals surface area contributed by atoms with Crippen molar-refractivity contribution in [2.45, 2.75) is 0 Å². The molecule has 0 saturated carbocycles. The fourth-order valence-electron chi connectivity index (χ4n) is 1.49. The summed E-state index contributed by atoms with van der Waals surface area (Å²) in [4.78, 5) is 0. The third kappa shape index (κ3) is 1.83. The summed E-state index contributed by atoms with van der Waals surface area (Å²) in [6, 6.07) is 13.3. The number of hydrogen-bond donors (Lipinski definition) is 0. The first-order chi connectivity index (χ1) is 7.49. The summed E-state index contributed by atoms with van der Waals surface area (Å²) in [7, 11) is -6.43. The molecule has 2 rings (SSSR count). The normalized spacial score (nSPS) is 14.1. The second-order valence-electron chi connectivity index (χ2n) is 3.48. The minimum atomic E-state index is -6.43. The van der Waals surface area contributed by atoms with Gasteiger partial charge in [-0.1, -0.05) is 0 Å². The van der Waals surface area contributed by atoms with E-state index in [1.165, 1.54) is 24.3 Å². The van der Waals surface area contributed by atoms with Gasteiger partial charge in [-0.2, -0.15) is 0 Å². The van der Waals surface area contributed by atoms with Crippen molar-refractivity contribution in [3.63, 3.8) is 0 Å². The molecule has 0 amide bonds. The Bertz CT molecular complexity index is 430. The van der Waals surface area contributed by atoms with Crippen molar-refractivity contribution < 1.29 is 12.6 Å². The maximum atomic E-state index is 14.0. The van der Waals surface area contributed by atoms with E-state index >= 15 is 0 Å². The first-order valence-corrected chi connectivity index (χ1v) is 6.68. The predicted molar refractivity (Wildman–Crippen MR) is 62.4 cm³/mol. The quantitative estimate of drug-likeness (QED) is 0.702. The molecule has 2 aromatic rings. The van der Waals surface area contributed by atoms with E-state index in [-0.39, 0.29) is 0 Å². The molecule has 0 atom stereocenters. The van der Waals surface area contributed by atoms with Gasteiger partial charge in [0.1, 0.15) is 0 Å². The van der Waals surface area contributed by atoms with Crippen molar-refractivity contribution in [1.82, 2.24) is 0 Å². The van der Waals surface area contributed by atoms with E-state index in [1.54, 1.807) is 12.1 Å². The molecular weight excluding hydrogens is 232 g/mol. The van der Waals surface area contributed by atoms with E-state index in [9.17, 15) is 12.6 Å². The Kier molecular flexibility index (Phi) is 2.51. The van der Waals surface area contributed by atoms with Gasteiger partial charge in [-0.25, -0.2) is 0 Å². The summed E-state index contributed by atoms with van der Waals surface area (Å²) >= 11 is 0.